The second kappa shape index (κ2) is 10.3. The predicted molar refractivity (Wildman–Crippen MR) is 140 cm³/mol. The highest BCUT2D eigenvalue weighted by molar-refractivity contribution is 9.10. The number of anilines is 1. The van der Waals surface area contributed by atoms with Crippen molar-refractivity contribution < 1.29 is 0 Å². The quantitative estimate of drug-likeness (QED) is 0.429. The zero-order chi connectivity index (χ0) is 23.5. The van der Waals surface area contributed by atoms with Gasteiger partial charge in [0.2, 0.25) is 0 Å². The number of rotatable bonds is 6. The fourth-order valence-corrected chi connectivity index (χ4v) is 5.45. The van der Waals surface area contributed by atoms with Crippen LogP contribution in [-0.4, -0.2) is 45.7 Å². The van der Waals surface area contributed by atoms with Crippen molar-refractivity contribution in [3.8, 4) is 17.3 Å². The number of benzene rings is 1. The van der Waals surface area contributed by atoms with Crippen LogP contribution in [0, 0.1) is 29.1 Å². The minimum atomic E-state index is -0.0323. The number of hydrogen-bond donors (Lipinski definition) is 1. The predicted octanol–water partition coefficient (Wildman–Crippen LogP) is 5.82. The molecule has 3 heterocycles. The third kappa shape index (κ3) is 4.90. The highest BCUT2D eigenvalue weighted by Gasteiger charge is 2.26. The van der Waals surface area contributed by atoms with E-state index in [0.29, 0.717) is 10.9 Å². The average molecular weight is 538 g/mol. The van der Waals surface area contributed by atoms with Crippen LogP contribution < -0.4 is 5.32 Å². The Bertz CT molecular complexity index is 1280. The van der Waals surface area contributed by atoms with Crippen LogP contribution >= 0.6 is 27.5 Å². The maximum atomic E-state index is 9.47. The fourth-order valence-electron chi connectivity index (χ4n) is 4.87. The van der Waals surface area contributed by atoms with Crippen LogP contribution in [0.15, 0.2) is 65.3 Å². The van der Waals surface area contributed by atoms with Gasteiger partial charge in [-0.15, -0.1) is 0 Å². The van der Waals surface area contributed by atoms with Gasteiger partial charge in [-0.05, 0) is 47.3 Å². The van der Waals surface area contributed by atoms with E-state index in [1.165, 1.54) is 12.8 Å². The van der Waals surface area contributed by atoms with Crippen molar-refractivity contribution >= 4 is 39.0 Å². The second-order valence-electron chi connectivity index (χ2n) is 8.97. The van der Waals surface area contributed by atoms with Crippen molar-refractivity contribution in [1.82, 2.24) is 19.5 Å². The van der Waals surface area contributed by atoms with Gasteiger partial charge in [0.1, 0.15) is 5.82 Å². The first-order valence-electron chi connectivity index (χ1n) is 11.6. The summed E-state index contributed by atoms with van der Waals surface area (Å²) in [6.45, 7) is 3.88. The molecule has 3 unspecified atom stereocenters. The molecule has 6 nitrogen and oxygen atoms in total. The summed E-state index contributed by atoms with van der Waals surface area (Å²) in [4.78, 5) is 7.31. The molecule has 3 atom stereocenters. The molecule has 1 N–H and O–H groups in total. The number of nitrogens with one attached hydrogen (secondary N) is 1. The Morgan fingerprint density at radius 1 is 1.24 bits per heavy atom. The minimum absolute atomic E-state index is 0.0323. The Morgan fingerprint density at radius 3 is 2.94 bits per heavy atom. The Hall–Kier alpha value is -2.66. The van der Waals surface area contributed by atoms with E-state index in [1.54, 1.807) is 6.20 Å². The van der Waals surface area contributed by atoms with Crippen LogP contribution in [0.3, 0.4) is 0 Å². The number of likely N-dealkylation sites (tertiary alicyclic amines) is 1. The smallest absolute Gasteiger partial charge is 0.172 e. The maximum absolute atomic E-state index is 9.47. The summed E-state index contributed by atoms with van der Waals surface area (Å²) in [7, 11) is 0. The first-order valence-corrected chi connectivity index (χ1v) is 12.8. The van der Waals surface area contributed by atoms with Crippen molar-refractivity contribution in [1.29, 1.82) is 5.26 Å². The molecule has 2 aliphatic rings. The largest absolute Gasteiger partial charge is 0.370 e. The van der Waals surface area contributed by atoms with Crippen LogP contribution in [0.5, 0.6) is 0 Å². The molecule has 2 aromatic heterocycles. The molecule has 1 aliphatic carbocycles. The third-order valence-electron chi connectivity index (χ3n) is 6.62. The van der Waals surface area contributed by atoms with Gasteiger partial charge in [0, 0.05) is 42.2 Å². The van der Waals surface area contributed by atoms with Crippen molar-refractivity contribution in [3.05, 3.63) is 70.3 Å². The molecule has 0 spiro atoms. The molecule has 8 heteroatoms. The number of aromatic nitrogens is 3. The molecule has 0 radical (unpaired) electrons. The number of nitrogens with zero attached hydrogens (tertiary/aromatic N) is 5. The Morgan fingerprint density at radius 2 is 2.09 bits per heavy atom. The summed E-state index contributed by atoms with van der Waals surface area (Å²) < 4.78 is 2.68. The standard InChI is InChI=1S/C26H26BrClN6/c27-22-15-31-34-25(12-24(32-26(22)34)21-9-3-4-10-23(21)28)30-14-18-6-5-11-33(16-18)17-20-8-2-1-7-19(20)13-29/h1-4,7-10,12,15,18-20,30H,5-6,11,14,16-17H2. The third-order valence-corrected chi connectivity index (χ3v) is 7.51. The molecule has 3 aromatic rings. The van der Waals surface area contributed by atoms with Crippen LogP contribution in [0.2, 0.25) is 5.02 Å². The van der Waals surface area contributed by atoms with E-state index >= 15 is 0 Å². The number of fused-ring (bicyclic) bond motifs is 1. The lowest BCUT2D eigenvalue weighted by molar-refractivity contribution is 0.160. The second-order valence-corrected chi connectivity index (χ2v) is 10.2. The molecule has 0 bridgehead atoms. The van der Waals surface area contributed by atoms with E-state index in [4.69, 9.17) is 16.6 Å². The number of hydrogen-bond acceptors (Lipinski definition) is 5. The summed E-state index contributed by atoms with van der Waals surface area (Å²) in [5, 5.41) is 18.3. The number of piperidine rings is 1. The topological polar surface area (TPSA) is 69.2 Å². The zero-order valence-electron chi connectivity index (χ0n) is 18.7. The molecule has 5 rings (SSSR count). The van der Waals surface area contributed by atoms with E-state index in [2.05, 4.69) is 49.5 Å². The average Bonchev–Trinajstić information content (AvgIpc) is 3.24. The summed E-state index contributed by atoms with van der Waals surface area (Å²) in [5.74, 6) is 1.65. The van der Waals surface area contributed by atoms with E-state index < -0.39 is 0 Å². The molecule has 0 amide bonds. The maximum Gasteiger partial charge on any atom is 0.172 e. The number of nitriles is 1. The van der Waals surface area contributed by atoms with Crippen LogP contribution in [0.1, 0.15) is 12.8 Å². The van der Waals surface area contributed by atoms with E-state index in [0.717, 1.165) is 53.4 Å². The number of allylic oxidation sites excluding steroid dienone is 3. The Kier molecular flexibility index (Phi) is 7.00. The fraction of sp³-hybridized carbons (Fsp3) is 0.346. The van der Waals surface area contributed by atoms with Crippen LogP contribution in [0.25, 0.3) is 16.9 Å². The summed E-state index contributed by atoms with van der Waals surface area (Å²) >= 11 is 10.0. The van der Waals surface area contributed by atoms with Crippen molar-refractivity contribution in [3.63, 3.8) is 0 Å². The zero-order valence-corrected chi connectivity index (χ0v) is 21.1. The lowest BCUT2D eigenvalue weighted by atomic mass is 9.88. The van der Waals surface area contributed by atoms with Crippen LogP contribution in [-0.2, 0) is 0 Å². The van der Waals surface area contributed by atoms with E-state index in [1.807, 2.05) is 47.0 Å². The van der Waals surface area contributed by atoms with Crippen molar-refractivity contribution in [2.75, 3.05) is 31.5 Å². The van der Waals surface area contributed by atoms with Gasteiger partial charge in [0.15, 0.2) is 5.65 Å². The van der Waals surface area contributed by atoms with Gasteiger partial charge in [0.05, 0.1) is 28.4 Å². The SMILES string of the molecule is N#CC1C=CC=CC1CN1CCCC(CNc2cc(-c3ccccc3Cl)nc3c(Br)cnn23)C1. The normalized spacial score (nSPS) is 22.7. The van der Waals surface area contributed by atoms with Gasteiger partial charge < -0.3 is 10.2 Å². The summed E-state index contributed by atoms with van der Waals surface area (Å²) in [5.41, 5.74) is 2.46. The minimum Gasteiger partial charge on any atom is -0.370 e. The highest BCUT2D eigenvalue weighted by atomic mass is 79.9. The van der Waals surface area contributed by atoms with Gasteiger partial charge in [-0.3, -0.25) is 0 Å². The van der Waals surface area contributed by atoms with Gasteiger partial charge in [0.25, 0.3) is 0 Å². The van der Waals surface area contributed by atoms with Gasteiger partial charge in [-0.1, -0.05) is 54.1 Å². The Labute approximate surface area is 213 Å². The van der Waals surface area contributed by atoms with E-state index in [9.17, 15) is 5.26 Å². The first-order chi connectivity index (χ1) is 16.6. The molecule has 1 fully saturated rings. The van der Waals surface area contributed by atoms with Gasteiger partial charge in [-0.2, -0.15) is 14.9 Å². The molecule has 174 valence electrons. The monoisotopic (exact) mass is 536 g/mol. The van der Waals surface area contributed by atoms with Gasteiger partial charge in [-0.25, -0.2) is 4.98 Å². The Balaban J connectivity index is 1.31. The molecule has 1 aromatic carbocycles. The van der Waals surface area contributed by atoms with Crippen molar-refractivity contribution in [2.24, 2.45) is 17.8 Å². The first kappa shape index (κ1) is 23.1. The molecule has 1 saturated heterocycles. The van der Waals surface area contributed by atoms with E-state index in [-0.39, 0.29) is 11.8 Å². The molecule has 0 saturated carbocycles. The number of halogens is 2. The van der Waals surface area contributed by atoms with Gasteiger partial charge >= 0.3 is 0 Å². The highest BCUT2D eigenvalue weighted by Crippen LogP contribution is 2.31. The lowest BCUT2D eigenvalue weighted by Gasteiger charge is -2.35. The molecular weight excluding hydrogens is 512 g/mol. The lowest BCUT2D eigenvalue weighted by Crippen LogP contribution is -2.41. The summed E-state index contributed by atoms with van der Waals surface area (Å²) in [6, 6.07) is 12.2. The molecular formula is C26H26BrClN6. The molecule has 1 aliphatic heterocycles. The van der Waals surface area contributed by atoms with Crippen molar-refractivity contribution in [2.45, 2.75) is 12.8 Å². The van der Waals surface area contributed by atoms with Crippen LogP contribution in [0.4, 0.5) is 5.82 Å². The molecule has 34 heavy (non-hydrogen) atoms. The summed E-state index contributed by atoms with van der Waals surface area (Å²) in [6.07, 6.45) is 12.3.